The van der Waals surface area contributed by atoms with Gasteiger partial charge in [-0.05, 0) is 44.7 Å². The van der Waals surface area contributed by atoms with Crippen LogP contribution in [0.4, 0.5) is 0 Å². The molecule has 0 aromatic heterocycles. The highest BCUT2D eigenvalue weighted by Crippen LogP contribution is 2.17. The Morgan fingerprint density at radius 2 is 1.87 bits per heavy atom. The summed E-state index contributed by atoms with van der Waals surface area (Å²) in [7, 11) is 1.80. The molecule has 0 bridgehead atoms. The molecule has 1 atom stereocenters. The van der Waals surface area contributed by atoms with Crippen molar-refractivity contribution in [3.05, 3.63) is 9.47 Å². The minimum Gasteiger partial charge on any atom is -0.381 e. The first kappa shape index (κ1) is 15.7. The lowest BCUT2D eigenvalue weighted by atomic mass is 10.1. The first-order valence-electron chi connectivity index (χ1n) is 5.74. The molecule has 0 heterocycles. The second kappa shape index (κ2) is 11.2. The van der Waals surface area contributed by atoms with Crippen molar-refractivity contribution in [2.45, 2.75) is 58.0 Å². The van der Waals surface area contributed by atoms with Gasteiger partial charge in [0, 0.05) is 7.11 Å². The van der Waals surface area contributed by atoms with E-state index in [1.165, 1.54) is 38.5 Å². The highest BCUT2D eigenvalue weighted by atomic mass is 79.9. The average Bonchev–Trinajstić information content (AvgIpc) is 2.22. The number of halogens is 2. The average molecular weight is 342 g/mol. The van der Waals surface area contributed by atoms with Gasteiger partial charge in [0.2, 0.25) is 0 Å². The molecule has 0 spiro atoms. The maximum absolute atomic E-state index is 5.42. The smallest absolute Gasteiger partial charge is 0.0606 e. The van der Waals surface area contributed by atoms with Gasteiger partial charge in [0.05, 0.1) is 9.50 Å². The van der Waals surface area contributed by atoms with Crippen LogP contribution >= 0.6 is 31.9 Å². The molecule has 0 fully saturated rings. The summed E-state index contributed by atoms with van der Waals surface area (Å²) in [6.07, 6.45) is 11.3. The molecule has 3 heteroatoms. The molecular weight excluding hydrogens is 320 g/mol. The van der Waals surface area contributed by atoms with E-state index in [9.17, 15) is 0 Å². The summed E-state index contributed by atoms with van der Waals surface area (Å²) in [6.45, 7) is 2.25. The molecule has 0 rings (SSSR count). The molecule has 0 N–H and O–H groups in total. The predicted molar refractivity (Wildman–Crippen MR) is 74.7 cm³/mol. The molecule has 0 aliphatic carbocycles. The Labute approximate surface area is 111 Å². The largest absolute Gasteiger partial charge is 0.381 e. The second-order valence-corrected chi connectivity index (χ2v) is 6.56. The summed E-state index contributed by atoms with van der Waals surface area (Å²) in [6, 6.07) is 0. The zero-order valence-electron chi connectivity index (χ0n) is 9.77. The van der Waals surface area contributed by atoms with E-state index in [1.807, 2.05) is 0 Å². The van der Waals surface area contributed by atoms with Gasteiger partial charge >= 0.3 is 0 Å². The summed E-state index contributed by atoms with van der Waals surface area (Å²) in [5.74, 6) is 0. The fourth-order valence-corrected chi connectivity index (χ4v) is 1.90. The van der Waals surface area contributed by atoms with Crippen LogP contribution in [0.3, 0.4) is 0 Å². The summed E-state index contributed by atoms with van der Waals surface area (Å²) in [5.41, 5.74) is 0. The fraction of sp³-hybridized carbons (Fsp3) is 0.833. The number of unbranched alkanes of at least 4 members (excludes halogenated alkanes) is 4. The minimum atomic E-state index is 0.372. The number of hydrogen-bond acceptors (Lipinski definition) is 1. The van der Waals surface area contributed by atoms with Crippen molar-refractivity contribution in [3.63, 3.8) is 0 Å². The standard InChI is InChI=1S/C12H22Br2O/c1-3-4-5-6-7-8-11(15-2)9-10-12(13)14/h10-11H,3-9H2,1-2H3/t11-/m0/s1. The van der Waals surface area contributed by atoms with E-state index in [0.717, 1.165) is 9.81 Å². The molecule has 0 unspecified atom stereocenters. The molecular formula is C12H22Br2O. The Morgan fingerprint density at radius 3 is 2.40 bits per heavy atom. The fourth-order valence-electron chi connectivity index (χ4n) is 1.53. The Morgan fingerprint density at radius 1 is 1.20 bits per heavy atom. The van der Waals surface area contributed by atoms with Crippen LogP contribution in [0.5, 0.6) is 0 Å². The number of hydrogen-bond donors (Lipinski definition) is 0. The topological polar surface area (TPSA) is 9.23 Å². The van der Waals surface area contributed by atoms with Crippen LogP contribution in [0.25, 0.3) is 0 Å². The quantitative estimate of drug-likeness (QED) is 0.511. The zero-order valence-corrected chi connectivity index (χ0v) is 12.9. The Bertz CT molecular complexity index is 165. The van der Waals surface area contributed by atoms with Gasteiger partial charge in [-0.3, -0.25) is 0 Å². The van der Waals surface area contributed by atoms with Crippen molar-refractivity contribution in [2.75, 3.05) is 7.11 Å². The van der Waals surface area contributed by atoms with E-state index >= 15 is 0 Å². The molecule has 0 amide bonds. The van der Waals surface area contributed by atoms with Gasteiger partial charge in [-0.15, -0.1) is 0 Å². The van der Waals surface area contributed by atoms with E-state index in [0.29, 0.717) is 6.10 Å². The van der Waals surface area contributed by atoms with Crippen LogP contribution in [-0.2, 0) is 4.74 Å². The minimum absolute atomic E-state index is 0.372. The van der Waals surface area contributed by atoms with E-state index in [2.05, 4.69) is 44.9 Å². The molecule has 90 valence electrons. The molecule has 0 aliphatic heterocycles. The zero-order chi connectivity index (χ0) is 11.5. The third kappa shape index (κ3) is 10.9. The molecule has 0 aliphatic rings. The molecule has 1 nitrogen and oxygen atoms in total. The van der Waals surface area contributed by atoms with Gasteiger partial charge in [0.25, 0.3) is 0 Å². The van der Waals surface area contributed by atoms with Crippen molar-refractivity contribution in [1.29, 1.82) is 0 Å². The van der Waals surface area contributed by atoms with Gasteiger partial charge < -0.3 is 4.74 Å². The molecule has 15 heavy (non-hydrogen) atoms. The van der Waals surface area contributed by atoms with Crippen molar-refractivity contribution in [3.8, 4) is 0 Å². The van der Waals surface area contributed by atoms with Crippen LogP contribution < -0.4 is 0 Å². The summed E-state index contributed by atoms with van der Waals surface area (Å²) in [4.78, 5) is 0. The van der Waals surface area contributed by atoms with Gasteiger partial charge in [-0.1, -0.05) is 45.1 Å². The Kier molecular flexibility index (Phi) is 11.6. The van der Waals surface area contributed by atoms with Gasteiger partial charge in [-0.2, -0.15) is 0 Å². The van der Waals surface area contributed by atoms with Crippen LogP contribution in [0.1, 0.15) is 51.9 Å². The van der Waals surface area contributed by atoms with Gasteiger partial charge in [0.15, 0.2) is 0 Å². The number of methoxy groups -OCH3 is 1. The second-order valence-electron chi connectivity index (χ2n) is 3.79. The summed E-state index contributed by atoms with van der Waals surface area (Å²) in [5, 5.41) is 0. The van der Waals surface area contributed by atoms with Crippen molar-refractivity contribution >= 4 is 31.9 Å². The van der Waals surface area contributed by atoms with Gasteiger partial charge in [0.1, 0.15) is 0 Å². The van der Waals surface area contributed by atoms with Crippen molar-refractivity contribution in [1.82, 2.24) is 0 Å². The number of ether oxygens (including phenoxy) is 1. The molecule has 0 aromatic rings. The molecule has 0 saturated carbocycles. The third-order valence-corrected chi connectivity index (χ3v) is 3.15. The van der Waals surface area contributed by atoms with Crippen LogP contribution in [0.15, 0.2) is 9.47 Å². The third-order valence-electron chi connectivity index (χ3n) is 2.50. The van der Waals surface area contributed by atoms with Gasteiger partial charge in [-0.25, -0.2) is 0 Å². The molecule has 0 aromatic carbocycles. The van der Waals surface area contributed by atoms with Crippen molar-refractivity contribution in [2.24, 2.45) is 0 Å². The maximum Gasteiger partial charge on any atom is 0.0606 e. The van der Waals surface area contributed by atoms with Crippen molar-refractivity contribution < 1.29 is 4.74 Å². The molecule has 0 saturated heterocycles. The highest BCUT2D eigenvalue weighted by molar-refractivity contribution is 9.28. The van der Waals surface area contributed by atoms with E-state index in [-0.39, 0.29) is 0 Å². The Hall–Kier alpha value is 0.660. The monoisotopic (exact) mass is 340 g/mol. The first-order valence-corrected chi connectivity index (χ1v) is 7.33. The lowest BCUT2D eigenvalue weighted by Crippen LogP contribution is -2.08. The van der Waals surface area contributed by atoms with Crippen LogP contribution in [0, 0.1) is 0 Å². The van der Waals surface area contributed by atoms with E-state index in [4.69, 9.17) is 4.74 Å². The lowest BCUT2D eigenvalue weighted by molar-refractivity contribution is 0.0952. The normalized spacial score (nSPS) is 12.5. The predicted octanol–water partition coefficient (Wildman–Crippen LogP) is 5.38. The Balaban J connectivity index is 3.48. The van der Waals surface area contributed by atoms with Crippen LogP contribution in [0.2, 0.25) is 0 Å². The lowest BCUT2D eigenvalue weighted by Gasteiger charge is -2.12. The summed E-state index contributed by atoms with van der Waals surface area (Å²) < 4.78 is 6.44. The van der Waals surface area contributed by atoms with E-state index < -0.39 is 0 Å². The van der Waals surface area contributed by atoms with Crippen LogP contribution in [-0.4, -0.2) is 13.2 Å². The SMILES string of the molecule is CCCCCCC[C@@H](CC=C(Br)Br)OC. The molecule has 0 radical (unpaired) electrons. The first-order chi connectivity index (χ1) is 7.20. The maximum atomic E-state index is 5.42. The van der Waals surface area contributed by atoms with E-state index in [1.54, 1.807) is 7.11 Å². The highest BCUT2D eigenvalue weighted by Gasteiger charge is 2.04. The number of rotatable bonds is 9. The summed E-state index contributed by atoms with van der Waals surface area (Å²) >= 11 is 6.71.